The van der Waals surface area contributed by atoms with Gasteiger partial charge in [-0.2, -0.15) is 0 Å². The summed E-state index contributed by atoms with van der Waals surface area (Å²) in [4.78, 5) is 5.44. The van der Waals surface area contributed by atoms with Gasteiger partial charge in [0.15, 0.2) is 0 Å². The van der Waals surface area contributed by atoms with Crippen molar-refractivity contribution in [3.63, 3.8) is 0 Å². The van der Waals surface area contributed by atoms with Crippen molar-refractivity contribution >= 4 is 77.7 Å². The van der Waals surface area contributed by atoms with Crippen molar-refractivity contribution in [2.24, 2.45) is 0 Å². The van der Waals surface area contributed by atoms with Gasteiger partial charge in [-0.1, -0.05) is 190 Å². The van der Waals surface area contributed by atoms with Gasteiger partial charge in [-0.05, 0) is 158 Å². The van der Waals surface area contributed by atoms with Crippen LogP contribution >= 0.6 is 11.3 Å². The smallest absolute Gasteiger partial charge is 0.333 e. The predicted octanol–water partition coefficient (Wildman–Crippen LogP) is 17.0. The van der Waals surface area contributed by atoms with E-state index in [9.17, 15) is 0 Å². The van der Waals surface area contributed by atoms with Crippen molar-refractivity contribution in [3.8, 4) is 33.4 Å². The van der Waals surface area contributed by atoms with Crippen LogP contribution in [0.15, 0.2) is 212 Å². The summed E-state index contributed by atoms with van der Waals surface area (Å²) in [5.74, 6) is 0. The molecule has 4 heteroatoms. The molecule has 0 spiro atoms. The molecular formula is C68H53BN2S. The Hall–Kier alpha value is -7.92. The molecule has 0 aliphatic carbocycles. The Bertz CT molecular complexity index is 3950. The molecule has 344 valence electrons. The Morgan fingerprint density at radius 3 is 1.82 bits per heavy atom. The Morgan fingerprint density at radius 1 is 0.458 bits per heavy atom. The summed E-state index contributed by atoms with van der Waals surface area (Å²) in [5.41, 5.74) is 25.9. The molecule has 72 heavy (non-hydrogen) atoms. The summed E-state index contributed by atoms with van der Waals surface area (Å²) in [7, 11) is 0. The molecule has 0 unspecified atom stereocenters. The average Bonchev–Trinajstić information content (AvgIpc) is 3.79. The first-order valence-corrected chi connectivity index (χ1v) is 26.3. The first-order valence-electron chi connectivity index (χ1n) is 25.5. The van der Waals surface area contributed by atoms with Crippen LogP contribution < -0.4 is 20.6 Å². The molecule has 11 aromatic rings. The second-order valence-corrected chi connectivity index (χ2v) is 22.4. The number of rotatable bonds is 5. The van der Waals surface area contributed by atoms with E-state index in [1.807, 2.05) is 11.3 Å². The Kier molecular flexibility index (Phi) is 9.41. The van der Waals surface area contributed by atoms with E-state index in [0.717, 1.165) is 0 Å². The molecule has 10 aromatic carbocycles. The molecule has 0 bridgehead atoms. The van der Waals surface area contributed by atoms with Crippen LogP contribution in [0, 0.1) is 20.8 Å². The fourth-order valence-electron chi connectivity index (χ4n) is 13.3. The summed E-state index contributed by atoms with van der Waals surface area (Å²) < 4.78 is 2.61. The van der Waals surface area contributed by atoms with Crippen molar-refractivity contribution in [1.29, 1.82) is 0 Å². The van der Waals surface area contributed by atoms with Gasteiger partial charge in [-0.3, -0.25) is 0 Å². The van der Waals surface area contributed by atoms with Gasteiger partial charge in [0, 0.05) is 43.3 Å². The molecular weight excluding hydrogens is 888 g/mol. The minimum absolute atomic E-state index is 0.0495. The van der Waals surface area contributed by atoms with E-state index >= 15 is 0 Å². The number of hydrogen-bond acceptors (Lipinski definition) is 3. The van der Waals surface area contributed by atoms with E-state index < -0.39 is 5.41 Å². The summed E-state index contributed by atoms with van der Waals surface area (Å²) in [5, 5.41) is 2.64. The SMILES string of the molecule is Cc1cc(C)c(-c2cc3c4c(c2)N(c2ccc(C(C)(C)C)cc2-c2ccccc2)c2ccc5sc6ccccc6c5c2B4N2c4ccccc4C(c4ccccc4)(c4ccccc4)c4cccc-3c42)c(C)c1. The van der Waals surface area contributed by atoms with Crippen LogP contribution in [0.2, 0.25) is 0 Å². The van der Waals surface area contributed by atoms with Gasteiger partial charge in [0.2, 0.25) is 0 Å². The second kappa shape index (κ2) is 15.8. The second-order valence-electron chi connectivity index (χ2n) is 21.4. The van der Waals surface area contributed by atoms with Crippen molar-refractivity contribution in [2.75, 3.05) is 9.71 Å². The number of para-hydroxylation sites is 2. The Labute approximate surface area is 427 Å². The van der Waals surface area contributed by atoms with E-state index in [1.54, 1.807) is 0 Å². The number of anilines is 5. The molecule has 2 nitrogen and oxygen atoms in total. The highest BCUT2D eigenvalue weighted by Crippen LogP contribution is 2.61. The topological polar surface area (TPSA) is 6.48 Å². The van der Waals surface area contributed by atoms with Gasteiger partial charge in [0.25, 0.3) is 0 Å². The van der Waals surface area contributed by atoms with Crippen LogP contribution in [0.4, 0.5) is 28.4 Å². The summed E-state index contributed by atoms with van der Waals surface area (Å²) in [6.07, 6.45) is 0. The van der Waals surface area contributed by atoms with Crippen LogP contribution in [0.25, 0.3) is 53.6 Å². The van der Waals surface area contributed by atoms with Crippen molar-refractivity contribution in [2.45, 2.75) is 52.4 Å². The van der Waals surface area contributed by atoms with Gasteiger partial charge in [0.05, 0.1) is 11.1 Å². The van der Waals surface area contributed by atoms with Gasteiger partial charge in [-0.25, -0.2) is 0 Å². The predicted molar refractivity (Wildman–Crippen MR) is 309 cm³/mol. The zero-order valence-electron chi connectivity index (χ0n) is 41.6. The maximum absolute atomic E-state index is 2.78. The highest BCUT2D eigenvalue weighted by Gasteiger charge is 2.54. The third kappa shape index (κ3) is 6.03. The highest BCUT2D eigenvalue weighted by atomic mass is 32.1. The third-order valence-corrected chi connectivity index (χ3v) is 17.2. The number of nitrogens with zero attached hydrogens (tertiary/aromatic N) is 2. The molecule has 0 fully saturated rings. The van der Waals surface area contributed by atoms with Crippen LogP contribution in [-0.2, 0) is 10.8 Å². The molecule has 0 N–H and O–H groups in total. The van der Waals surface area contributed by atoms with Gasteiger partial charge < -0.3 is 9.71 Å². The van der Waals surface area contributed by atoms with E-state index in [0.29, 0.717) is 0 Å². The maximum atomic E-state index is 2.78. The number of thiophene rings is 1. The summed E-state index contributed by atoms with van der Waals surface area (Å²) in [6.45, 7) is 13.6. The van der Waals surface area contributed by atoms with E-state index in [2.05, 4.69) is 264 Å². The molecule has 0 atom stereocenters. The molecule has 14 rings (SSSR count). The zero-order chi connectivity index (χ0) is 48.6. The molecule has 3 aliphatic heterocycles. The fraction of sp³-hybridized carbons (Fsp3) is 0.118. The molecule has 3 aliphatic rings. The lowest BCUT2D eigenvalue weighted by atomic mass is 9.41. The molecule has 4 heterocycles. The van der Waals surface area contributed by atoms with Crippen LogP contribution in [0.5, 0.6) is 0 Å². The largest absolute Gasteiger partial charge is 0.376 e. The minimum Gasteiger partial charge on any atom is -0.376 e. The van der Waals surface area contributed by atoms with E-state index in [1.165, 1.54) is 137 Å². The first-order chi connectivity index (χ1) is 35.1. The quantitative estimate of drug-likeness (QED) is 0.159. The summed E-state index contributed by atoms with van der Waals surface area (Å²) >= 11 is 1.91. The zero-order valence-corrected chi connectivity index (χ0v) is 42.4. The fourth-order valence-corrected chi connectivity index (χ4v) is 14.4. The monoisotopic (exact) mass is 940 g/mol. The number of fused-ring (bicyclic) bond motifs is 10. The normalized spacial score (nSPS) is 14.0. The number of aryl methyl sites for hydroxylation is 3. The van der Waals surface area contributed by atoms with Crippen molar-refractivity contribution in [1.82, 2.24) is 0 Å². The first kappa shape index (κ1) is 42.9. The van der Waals surface area contributed by atoms with Crippen LogP contribution in [-0.4, -0.2) is 6.85 Å². The standard InChI is InChI=1S/C68H53BN2S/c1-42-37-43(2)62(44(3)38-42)46-39-53-50-28-20-30-55-66(50)71(57-31-18-17-29-54(57)68(55,47-23-12-8-13-24-47)48-25-14-9-15-26-48)69-64(53)59(40-46)70(58-35-36-61-63(65(58)69)51-27-16-19-32-60(51)72-61)56-34-33-49(67(4,5)6)41-52(56)45-21-10-7-11-22-45/h7-41H,1-6H3. The lowest BCUT2D eigenvalue weighted by Crippen LogP contribution is -2.63. The highest BCUT2D eigenvalue weighted by molar-refractivity contribution is 7.26. The molecule has 0 saturated carbocycles. The average molecular weight is 941 g/mol. The number of benzene rings is 10. The third-order valence-electron chi connectivity index (χ3n) is 16.1. The lowest BCUT2D eigenvalue weighted by Gasteiger charge is -2.53. The van der Waals surface area contributed by atoms with Gasteiger partial charge in [-0.15, -0.1) is 11.3 Å². The lowest BCUT2D eigenvalue weighted by molar-refractivity contribution is 0.590. The molecule has 1 aromatic heterocycles. The van der Waals surface area contributed by atoms with Crippen LogP contribution in [0.3, 0.4) is 0 Å². The van der Waals surface area contributed by atoms with Crippen LogP contribution in [0.1, 0.15) is 65.3 Å². The van der Waals surface area contributed by atoms with Crippen molar-refractivity contribution in [3.05, 3.63) is 257 Å². The van der Waals surface area contributed by atoms with Gasteiger partial charge >= 0.3 is 6.85 Å². The summed E-state index contributed by atoms with van der Waals surface area (Å²) in [6, 6.07) is 81.2. The number of hydrogen-bond donors (Lipinski definition) is 0. The molecule has 0 saturated heterocycles. The Morgan fingerprint density at radius 2 is 1.10 bits per heavy atom. The van der Waals surface area contributed by atoms with Crippen molar-refractivity contribution < 1.29 is 0 Å². The minimum atomic E-state index is -0.604. The maximum Gasteiger partial charge on any atom is 0.333 e. The molecule has 0 radical (unpaired) electrons. The van der Waals surface area contributed by atoms with Gasteiger partial charge in [0.1, 0.15) is 0 Å². The van der Waals surface area contributed by atoms with E-state index in [4.69, 9.17) is 0 Å². The molecule has 0 amide bonds. The Balaban J connectivity index is 1.19. The van der Waals surface area contributed by atoms with E-state index in [-0.39, 0.29) is 12.3 Å².